The smallest absolute Gasteiger partial charge is 0.306 e. The zero-order chi connectivity index (χ0) is 14.8. The lowest BCUT2D eigenvalue weighted by Crippen LogP contribution is -2.14. The second-order valence-corrected chi connectivity index (χ2v) is 4.60. The van der Waals surface area contributed by atoms with Crippen LogP contribution in [0.15, 0.2) is 24.3 Å². The molecule has 0 aliphatic carbocycles. The maximum Gasteiger partial charge on any atom is 0.306 e. The van der Waals surface area contributed by atoms with E-state index in [0.29, 0.717) is 26.2 Å². The molecule has 5 heteroatoms. The van der Waals surface area contributed by atoms with E-state index in [1.165, 1.54) is 0 Å². The van der Waals surface area contributed by atoms with E-state index in [0.717, 1.165) is 11.3 Å². The SMILES string of the molecule is COCCOCCOC(=O)CC(C)c1ccc(N)cc1. The summed E-state index contributed by atoms with van der Waals surface area (Å²) in [5.41, 5.74) is 7.42. The minimum atomic E-state index is -0.218. The molecule has 5 nitrogen and oxygen atoms in total. The molecule has 112 valence electrons. The second kappa shape index (κ2) is 9.34. The van der Waals surface area contributed by atoms with Crippen LogP contribution in [-0.2, 0) is 19.0 Å². The molecule has 1 atom stereocenters. The van der Waals surface area contributed by atoms with Crippen LogP contribution < -0.4 is 5.73 Å². The van der Waals surface area contributed by atoms with Crippen molar-refractivity contribution < 1.29 is 19.0 Å². The summed E-state index contributed by atoms with van der Waals surface area (Å²) in [4.78, 5) is 11.7. The first-order chi connectivity index (χ1) is 9.63. The Morgan fingerprint density at radius 1 is 1.15 bits per heavy atom. The minimum absolute atomic E-state index is 0.109. The number of hydrogen-bond acceptors (Lipinski definition) is 5. The first-order valence-corrected chi connectivity index (χ1v) is 6.71. The van der Waals surface area contributed by atoms with Crippen molar-refractivity contribution in [2.45, 2.75) is 19.3 Å². The fourth-order valence-corrected chi connectivity index (χ4v) is 1.71. The molecule has 0 fully saturated rings. The Bertz CT molecular complexity index is 391. The number of hydrogen-bond donors (Lipinski definition) is 1. The monoisotopic (exact) mass is 281 g/mol. The molecule has 0 aliphatic rings. The second-order valence-electron chi connectivity index (χ2n) is 4.60. The summed E-state index contributed by atoms with van der Waals surface area (Å²) < 4.78 is 15.2. The van der Waals surface area contributed by atoms with E-state index < -0.39 is 0 Å². The Labute approximate surface area is 120 Å². The summed E-state index contributed by atoms with van der Waals surface area (Å²) in [5.74, 6) is -0.109. The highest BCUT2D eigenvalue weighted by Crippen LogP contribution is 2.20. The summed E-state index contributed by atoms with van der Waals surface area (Å²) in [5, 5.41) is 0. The number of ether oxygens (including phenoxy) is 3. The third-order valence-electron chi connectivity index (χ3n) is 2.90. The van der Waals surface area contributed by atoms with Crippen molar-refractivity contribution in [2.24, 2.45) is 0 Å². The molecule has 0 aliphatic heterocycles. The van der Waals surface area contributed by atoms with Crippen molar-refractivity contribution in [1.29, 1.82) is 0 Å². The van der Waals surface area contributed by atoms with Gasteiger partial charge >= 0.3 is 5.97 Å². The predicted molar refractivity (Wildman–Crippen MR) is 77.5 cm³/mol. The average molecular weight is 281 g/mol. The maximum atomic E-state index is 11.7. The number of carbonyl (C=O) groups is 1. The average Bonchev–Trinajstić information content (AvgIpc) is 2.43. The van der Waals surface area contributed by atoms with Gasteiger partial charge in [-0.05, 0) is 23.6 Å². The molecular formula is C15H23NO4. The molecule has 0 heterocycles. The van der Waals surface area contributed by atoms with Crippen LogP contribution in [0.4, 0.5) is 5.69 Å². The molecule has 1 unspecified atom stereocenters. The number of rotatable bonds is 9. The van der Waals surface area contributed by atoms with Gasteiger partial charge in [0, 0.05) is 12.8 Å². The molecule has 20 heavy (non-hydrogen) atoms. The van der Waals surface area contributed by atoms with E-state index >= 15 is 0 Å². The molecule has 0 saturated heterocycles. The van der Waals surface area contributed by atoms with E-state index in [-0.39, 0.29) is 18.5 Å². The summed E-state index contributed by atoms with van der Waals surface area (Å²) in [6, 6.07) is 7.53. The quantitative estimate of drug-likeness (QED) is 0.426. The molecule has 0 spiro atoms. The lowest BCUT2D eigenvalue weighted by Gasteiger charge is -2.12. The Morgan fingerprint density at radius 2 is 1.80 bits per heavy atom. The number of benzene rings is 1. The number of methoxy groups -OCH3 is 1. The zero-order valence-electron chi connectivity index (χ0n) is 12.1. The molecular weight excluding hydrogens is 258 g/mol. The van der Waals surface area contributed by atoms with Gasteiger partial charge in [0.05, 0.1) is 26.2 Å². The molecule has 0 aromatic heterocycles. The van der Waals surface area contributed by atoms with Gasteiger partial charge in [-0.1, -0.05) is 19.1 Å². The van der Waals surface area contributed by atoms with Crippen molar-refractivity contribution in [3.63, 3.8) is 0 Å². The van der Waals surface area contributed by atoms with Crippen LogP contribution in [-0.4, -0.2) is 39.5 Å². The van der Waals surface area contributed by atoms with Gasteiger partial charge in [0.25, 0.3) is 0 Å². The van der Waals surface area contributed by atoms with Gasteiger partial charge in [0.1, 0.15) is 6.61 Å². The van der Waals surface area contributed by atoms with E-state index in [1.54, 1.807) is 7.11 Å². The third kappa shape index (κ3) is 6.54. The van der Waals surface area contributed by atoms with Crippen LogP contribution in [0.2, 0.25) is 0 Å². The zero-order valence-corrected chi connectivity index (χ0v) is 12.1. The molecule has 1 rings (SSSR count). The number of carbonyl (C=O) groups excluding carboxylic acids is 1. The molecule has 2 N–H and O–H groups in total. The van der Waals surface area contributed by atoms with Crippen molar-refractivity contribution in [2.75, 3.05) is 39.3 Å². The number of esters is 1. The van der Waals surface area contributed by atoms with Crippen LogP contribution in [0.1, 0.15) is 24.8 Å². The van der Waals surface area contributed by atoms with Crippen LogP contribution in [0.5, 0.6) is 0 Å². The van der Waals surface area contributed by atoms with E-state index in [2.05, 4.69) is 0 Å². The third-order valence-corrected chi connectivity index (χ3v) is 2.90. The van der Waals surface area contributed by atoms with E-state index in [9.17, 15) is 4.79 Å². The Hall–Kier alpha value is -1.59. The maximum absolute atomic E-state index is 11.7. The lowest BCUT2D eigenvalue weighted by molar-refractivity contribution is -0.145. The number of anilines is 1. The van der Waals surface area contributed by atoms with Crippen molar-refractivity contribution in [3.05, 3.63) is 29.8 Å². The molecule has 0 bridgehead atoms. The molecule has 0 radical (unpaired) electrons. The Kier molecular flexibility index (Phi) is 7.69. The van der Waals surface area contributed by atoms with Crippen LogP contribution >= 0.6 is 0 Å². The van der Waals surface area contributed by atoms with Gasteiger partial charge < -0.3 is 19.9 Å². The minimum Gasteiger partial charge on any atom is -0.463 e. The highest BCUT2D eigenvalue weighted by molar-refractivity contribution is 5.70. The highest BCUT2D eigenvalue weighted by Gasteiger charge is 2.12. The highest BCUT2D eigenvalue weighted by atomic mass is 16.6. The summed E-state index contributed by atoms with van der Waals surface area (Å²) in [6.45, 7) is 3.71. The van der Waals surface area contributed by atoms with Crippen molar-refractivity contribution in [1.82, 2.24) is 0 Å². The van der Waals surface area contributed by atoms with E-state index in [4.69, 9.17) is 19.9 Å². The Morgan fingerprint density at radius 3 is 2.45 bits per heavy atom. The first kappa shape index (κ1) is 16.5. The van der Waals surface area contributed by atoms with Crippen molar-refractivity contribution in [3.8, 4) is 0 Å². The van der Waals surface area contributed by atoms with Crippen molar-refractivity contribution >= 4 is 11.7 Å². The van der Waals surface area contributed by atoms with Crippen LogP contribution in [0.3, 0.4) is 0 Å². The summed E-state index contributed by atoms with van der Waals surface area (Å²) >= 11 is 0. The molecule has 1 aromatic rings. The van der Waals surface area contributed by atoms with Gasteiger partial charge in [0.15, 0.2) is 0 Å². The van der Waals surface area contributed by atoms with Crippen LogP contribution in [0.25, 0.3) is 0 Å². The Balaban J connectivity index is 2.19. The van der Waals surface area contributed by atoms with Gasteiger partial charge in [-0.15, -0.1) is 0 Å². The topological polar surface area (TPSA) is 70.8 Å². The molecule has 0 amide bonds. The standard InChI is InChI=1S/C15H23NO4/c1-12(13-3-5-14(16)6-4-13)11-15(17)20-10-9-19-8-7-18-2/h3-6,12H,7-11,16H2,1-2H3. The molecule has 0 saturated carbocycles. The normalized spacial score (nSPS) is 12.1. The number of nitrogen functional groups attached to an aromatic ring is 1. The summed E-state index contributed by atoms with van der Waals surface area (Å²) in [7, 11) is 1.61. The van der Waals surface area contributed by atoms with E-state index in [1.807, 2.05) is 31.2 Å². The first-order valence-electron chi connectivity index (χ1n) is 6.71. The summed E-state index contributed by atoms with van der Waals surface area (Å²) in [6.07, 6.45) is 0.349. The van der Waals surface area contributed by atoms with Crippen LogP contribution in [0, 0.1) is 0 Å². The number of nitrogens with two attached hydrogens (primary N) is 1. The van der Waals surface area contributed by atoms with Gasteiger partial charge in [-0.3, -0.25) is 4.79 Å². The molecule has 1 aromatic carbocycles. The van der Waals surface area contributed by atoms with Gasteiger partial charge in [-0.25, -0.2) is 0 Å². The van der Waals surface area contributed by atoms with Gasteiger partial charge in [-0.2, -0.15) is 0 Å². The fourth-order valence-electron chi connectivity index (χ4n) is 1.71. The fraction of sp³-hybridized carbons (Fsp3) is 0.533. The van der Waals surface area contributed by atoms with Gasteiger partial charge in [0.2, 0.25) is 0 Å². The lowest BCUT2D eigenvalue weighted by atomic mass is 9.98. The largest absolute Gasteiger partial charge is 0.463 e. The predicted octanol–water partition coefficient (Wildman–Crippen LogP) is 1.97.